The van der Waals surface area contributed by atoms with Crippen LogP contribution in [0.3, 0.4) is 0 Å². The van der Waals surface area contributed by atoms with Crippen molar-refractivity contribution >= 4 is 29.3 Å². The van der Waals surface area contributed by atoms with E-state index in [0.717, 1.165) is 22.1 Å². The van der Waals surface area contributed by atoms with E-state index in [1.807, 2.05) is 25.1 Å². The number of ether oxygens (including phenoxy) is 2. The molecule has 2 aromatic rings. The van der Waals surface area contributed by atoms with Crippen LogP contribution in [-0.4, -0.2) is 19.3 Å². The summed E-state index contributed by atoms with van der Waals surface area (Å²) in [6.45, 7) is 7.12. The van der Waals surface area contributed by atoms with Crippen LogP contribution in [0.1, 0.15) is 32.4 Å². The second kappa shape index (κ2) is 6.67. The number of carbonyl (C=O) groups is 1. The largest absolute Gasteiger partial charge is 0.493 e. The molecule has 124 valence electrons. The number of halogens is 1. The summed E-state index contributed by atoms with van der Waals surface area (Å²) >= 11 is 0. The minimum atomic E-state index is -0.375. The standard InChI is InChI=1S/C18H21NO3.ClH/c1-4-21-14-10-9-12-7-5-6-8-13(12)15(14)16-18(2,3)11-22-17(20)19-16;/h5-10,16H,4,11H2,1-3H3,(H,19,20);1H/t16-;/m0./s1. The van der Waals surface area contributed by atoms with Crippen molar-refractivity contribution in [2.45, 2.75) is 26.8 Å². The number of alkyl carbamates (subject to hydrolysis) is 1. The van der Waals surface area contributed by atoms with E-state index < -0.39 is 0 Å². The maximum atomic E-state index is 11.8. The van der Waals surface area contributed by atoms with Crippen LogP contribution in [0, 0.1) is 5.41 Å². The first-order chi connectivity index (χ1) is 10.5. The molecule has 23 heavy (non-hydrogen) atoms. The zero-order valence-corrected chi connectivity index (χ0v) is 14.4. The average molecular weight is 336 g/mol. The van der Waals surface area contributed by atoms with Gasteiger partial charge in [-0.2, -0.15) is 0 Å². The molecule has 1 fully saturated rings. The number of rotatable bonds is 3. The minimum absolute atomic E-state index is 0. The van der Waals surface area contributed by atoms with Crippen molar-refractivity contribution in [2.24, 2.45) is 5.41 Å². The van der Waals surface area contributed by atoms with Crippen LogP contribution in [0.2, 0.25) is 0 Å². The number of amides is 1. The quantitative estimate of drug-likeness (QED) is 0.900. The molecule has 1 N–H and O–H groups in total. The summed E-state index contributed by atoms with van der Waals surface area (Å²) in [4.78, 5) is 11.8. The summed E-state index contributed by atoms with van der Waals surface area (Å²) in [5.74, 6) is 0.821. The van der Waals surface area contributed by atoms with Gasteiger partial charge in [-0.1, -0.05) is 44.2 Å². The molecular weight excluding hydrogens is 314 g/mol. The molecule has 1 amide bonds. The fraction of sp³-hybridized carbons (Fsp3) is 0.389. The van der Waals surface area contributed by atoms with Crippen molar-refractivity contribution in [3.05, 3.63) is 42.0 Å². The monoisotopic (exact) mass is 335 g/mol. The van der Waals surface area contributed by atoms with E-state index >= 15 is 0 Å². The van der Waals surface area contributed by atoms with Crippen LogP contribution in [0.15, 0.2) is 36.4 Å². The molecule has 1 aliphatic rings. The number of nitrogens with one attached hydrogen (secondary N) is 1. The van der Waals surface area contributed by atoms with E-state index in [-0.39, 0.29) is 30.0 Å². The van der Waals surface area contributed by atoms with E-state index in [4.69, 9.17) is 9.47 Å². The third-order valence-electron chi connectivity index (χ3n) is 4.14. The van der Waals surface area contributed by atoms with Crippen LogP contribution in [-0.2, 0) is 4.74 Å². The van der Waals surface area contributed by atoms with Crippen LogP contribution in [0.4, 0.5) is 4.79 Å². The number of carbonyl (C=O) groups excluding carboxylic acids is 1. The van der Waals surface area contributed by atoms with E-state index in [1.54, 1.807) is 0 Å². The van der Waals surface area contributed by atoms with Gasteiger partial charge < -0.3 is 14.8 Å². The first-order valence-corrected chi connectivity index (χ1v) is 7.60. The van der Waals surface area contributed by atoms with E-state index in [1.165, 1.54) is 0 Å². The molecule has 1 heterocycles. The maximum absolute atomic E-state index is 11.8. The summed E-state index contributed by atoms with van der Waals surface area (Å²) in [5.41, 5.74) is 0.811. The van der Waals surface area contributed by atoms with Gasteiger partial charge in [-0.05, 0) is 23.8 Å². The Morgan fingerprint density at radius 2 is 2.00 bits per heavy atom. The van der Waals surface area contributed by atoms with E-state index in [0.29, 0.717) is 13.2 Å². The van der Waals surface area contributed by atoms with Gasteiger partial charge in [0.1, 0.15) is 12.4 Å². The molecule has 0 radical (unpaired) electrons. The van der Waals surface area contributed by atoms with E-state index in [9.17, 15) is 4.79 Å². The summed E-state index contributed by atoms with van der Waals surface area (Å²) in [6, 6.07) is 12.1. The topological polar surface area (TPSA) is 47.6 Å². The van der Waals surface area contributed by atoms with Crippen molar-refractivity contribution < 1.29 is 14.3 Å². The number of cyclic esters (lactones) is 1. The molecule has 2 aromatic carbocycles. The van der Waals surface area contributed by atoms with Crippen LogP contribution < -0.4 is 10.1 Å². The normalized spacial score (nSPS) is 19.4. The fourth-order valence-electron chi connectivity index (χ4n) is 3.01. The molecule has 4 nitrogen and oxygen atoms in total. The Bertz CT molecular complexity index is 714. The third kappa shape index (κ3) is 3.22. The maximum Gasteiger partial charge on any atom is 0.407 e. The predicted octanol–water partition coefficient (Wildman–Crippen LogP) is 4.47. The summed E-state index contributed by atoms with van der Waals surface area (Å²) in [7, 11) is 0. The van der Waals surface area contributed by atoms with Gasteiger partial charge in [0.25, 0.3) is 0 Å². The Labute approximate surface area is 142 Å². The van der Waals surface area contributed by atoms with Gasteiger partial charge in [-0.3, -0.25) is 0 Å². The highest BCUT2D eigenvalue weighted by molar-refractivity contribution is 5.89. The Balaban J connectivity index is 0.00000192. The summed E-state index contributed by atoms with van der Waals surface area (Å²) in [6.07, 6.45) is -0.375. The van der Waals surface area contributed by atoms with Gasteiger partial charge in [-0.25, -0.2) is 4.79 Å². The van der Waals surface area contributed by atoms with Gasteiger partial charge >= 0.3 is 6.09 Å². The highest BCUT2D eigenvalue weighted by Gasteiger charge is 2.40. The first kappa shape index (κ1) is 17.4. The predicted molar refractivity (Wildman–Crippen MR) is 93.4 cm³/mol. The molecule has 0 aromatic heterocycles. The lowest BCUT2D eigenvalue weighted by atomic mass is 9.78. The lowest BCUT2D eigenvalue weighted by molar-refractivity contribution is 0.0384. The minimum Gasteiger partial charge on any atom is -0.493 e. The average Bonchev–Trinajstić information content (AvgIpc) is 2.50. The Morgan fingerprint density at radius 3 is 2.74 bits per heavy atom. The van der Waals surface area contributed by atoms with E-state index in [2.05, 4.69) is 37.4 Å². The van der Waals surface area contributed by atoms with Crippen molar-refractivity contribution in [1.82, 2.24) is 5.32 Å². The summed E-state index contributed by atoms with van der Waals surface area (Å²) in [5, 5.41) is 5.21. The van der Waals surface area contributed by atoms with Crippen LogP contribution in [0.5, 0.6) is 5.75 Å². The second-order valence-electron chi connectivity index (χ2n) is 6.27. The third-order valence-corrected chi connectivity index (χ3v) is 4.14. The zero-order valence-electron chi connectivity index (χ0n) is 13.6. The molecule has 3 rings (SSSR count). The summed E-state index contributed by atoms with van der Waals surface area (Å²) < 4.78 is 11.0. The van der Waals surface area contributed by atoms with Crippen molar-refractivity contribution in [1.29, 1.82) is 0 Å². The van der Waals surface area contributed by atoms with Crippen molar-refractivity contribution in [2.75, 3.05) is 13.2 Å². The number of hydrogen-bond donors (Lipinski definition) is 1. The van der Waals surface area contributed by atoms with Gasteiger partial charge in [0.05, 0.1) is 12.6 Å². The first-order valence-electron chi connectivity index (χ1n) is 7.60. The zero-order chi connectivity index (χ0) is 15.7. The Kier molecular flexibility index (Phi) is 5.05. The molecular formula is C18H22ClNO3. The van der Waals surface area contributed by atoms with Gasteiger partial charge in [0.2, 0.25) is 0 Å². The van der Waals surface area contributed by atoms with Gasteiger partial charge in [-0.15, -0.1) is 12.4 Å². The number of fused-ring (bicyclic) bond motifs is 1. The smallest absolute Gasteiger partial charge is 0.407 e. The molecule has 0 unspecified atom stereocenters. The number of benzene rings is 2. The highest BCUT2D eigenvalue weighted by Crippen LogP contribution is 2.43. The van der Waals surface area contributed by atoms with Crippen LogP contribution in [0.25, 0.3) is 10.8 Å². The molecule has 0 spiro atoms. The second-order valence-corrected chi connectivity index (χ2v) is 6.27. The molecule has 0 aliphatic carbocycles. The Morgan fingerprint density at radius 1 is 1.26 bits per heavy atom. The SMILES string of the molecule is CCOc1ccc2ccccc2c1[C@@H]1NC(=O)OCC1(C)C.Cl. The van der Waals surface area contributed by atoms with Crippen LogP contribution >= 0.6 is 12.4 Å². The highest BCUT2D eigenvalue weighted by atomic mass is 35.5. The van der Waals surface area contributed by atoms with Crippen molar-refractivity contribution in [3.63, 3.8) is 0 Å². The lowest BCUT2D eigenvalue weighted by Crippen LogP contribution is -2.47. The molecule has 1 atom stereocenters. The molecule has 1 saturated heterocycles. The van der Waals surface area contributed by atoms with Gasteiger partial charge in [0.15, 0.2) is 0 Å². The molecule has 0 saturated carbocycles. The molecule has 0 bridgehead atoms. The Hall–Kier alpha value is -1.94. The fourth-order valence-corrected chi connectivity index (χ4v) is 3.01. The molecule has 5 heteroatoms. The van der Waals surface area contributed by atoms with Gasteiger partial charge in [0, 0.05) is 11.0 Å². The lowest BCUT2D eigenvalue weighted by Gasteiger charge is -2.39. The number of hydrogen-bond acceptors (Lipinski definition) is 3. The van der Waals surface area contributed by atoms with Crippen molar-refractivity contribution in [3.8, 4) is 5.75 Å². The molecule has 1 aliphatic heterocycles.